The van der Waals surface area contributed by atoms with E-state index in [1.54, 1.807) is 12.2 Å². The summed E-state index contributed by atoms with van der Waals surface area (Å²) < 4.78 is 0. The second-order valence-electron chi connectivity index (χ2n) is 5.93. The van der Waals surface area contributed by atoms with E-state index in [0.29, 0.717) is 5.92 Å². The largest absolute Gasteiger partial charge is 0.235 e. The zero-order chi connectivity index (χ0) is 13.5. The molecule has 19 heavy (non-hydrogen) atoms. The molecule has 0 aromatic rings. The Morgan fingerprint density at radius 1 is 0.842 bits per heavy atom. The van der Waals surface area contributed by atoms with Gasteiger partial charge in [-0.3, -0.25) is 0 Å². The topological polar surface area (TPSA) is 58.9 Å². The summed E-state index contributed by atoms with van der Waals surface area (Å²) in [5.41, 5.74) is 0. The van der Waals surface area contributed by atoms with E-state index >= 15 is 0 Å². The second-order valence-corrected chi connectivity index (χ2v) is 5.93. The number of isocyanates is 2. The van der Waals surface area contributed by atoms with E-state index in [9.17, 15) is 9.59 Å². The van der Waals surface area contributed by atoms with Crippen molar-refractivity contribution in [3.63, 3.8) is 0 Å². The lowest BCUT2D eigenvalue weighted by molar-refractivity contribution is 0.206. The summed E-state index contributed by atoms with van der Waals surface area (Å²) in [4.78, 5) is 28.9. The van der Waals surface area contributed by atoms with Crippen molar-refractivity contribution < 1.29 is 9.59 Å². The molecule has 0 aliphatic heterocycles. The molecule has 0 amide bonds. The predicted molar refractivity (Wildman–Crippen MR) is 72.4 cm³/mol. The molecule has 3 atom stereocenters. The fourth-order valence-electron chi connectivity index (χ4n) is 3.81. The van der Waals surface area contributed by atoms with Gasteiger partial charge in [-0.15, -0.1) is 0 Å². The van der Waals surface area contributed by atoms with Crippen LogP contribution in [0.15, 0.2) is 9.98 Å². The summed E-state index contributed by atoms with van der Waals surface area (Å²) in [5.74, 6) is 1.16. The van der Waals surface area contributed by atoms with E-state index in [4.69, 9.17) is 0 Å². The molecular formula is C15H22N2O2. The molecule has 0 aromatic heterocycles. The molecule has 2 saturated carbocycles. The van der Waals surface area contributed by atoms with E-state index in [-0.39, 0.29) is 12.1 Å². The Labute approximate surface area is 114 Å². The van der Waals surface area contributed by atoms with Crippen LogP contribution in [-0.4, -0.2) is 24.2 Å². The van der Waals surface area contributed by atoms with E-state index in [2.05, 4.69) is 9.98 Å². The molecule has 3 unspecified atom stereocenters. The fourth-order valence-corrected chi connectivity index (χ4v) is 3.81. The number of nitrogens with zero attached hydrogens (tertiary/aromatic N) is 2. The molecule has 0 bridgehead atoms. The van der Waals surface area contributed by atoms with Crippen LogP contribution < -0.4 is 0 Å². The third kappa shape index (κ3) is 3.86. The van der Waals surface area contributed by atoms with E-state index in [0.717, 1.165) is 31.6 Å². The van der Waals surface area contributed by atoms with Crippen molar-refractivity contribution in [3.05, 3.63) is 0 Å². The van der Waals surface area contributed by atoms with Crippen LogP contribution in [0.3, 0.4) is 0 Å². The Kier molecular flexibility index (Phi) is 5.50. The quantitative estimate of drug-likeness (QED) is 0.577. The van der Waals surface area contributed by atoms with Crippen LogP contribution in [0.2, 0.25) is 0 Å². The van der Waals surface area contributed by atoms with Crippen molar-refractivity contribution in [2.24, 2.45) is 21.8 Å². The van der Waals surface area contributed by atoms with Gasteiger partial charge in [0.1, 0.15) is 0 Å². The summed E-state index contributed by atoms with van der Waals surface area (Å²) in [6, 6.07) is -0.295. The van der Waals surface area contributed by atoms with Crippen LogP contribution in [0, 0.1) is 11.8 Å². The summed E-state index contributed by atoms with van der Waals surface area (Å²) >= 11 is 0. The van der Waals surface area contributed by atoms with E-state index < -0.39 is 0 Å². The highest BCUT2D eigenvalue weighted by molar-refractivity contribution is 5.36. The lowest BCUT2D eigenvalue weighted by atomic mass is 9.74. The molecule has 0 spiro atoms. The average molecular weight is 262 g/mol. The van der Waals surface area contributed by atoms with Crippen molar-refractivity contribution in [1.29, 1.82) is 0 Å². The van der Waals surface area contributed by atoms with Crippen molar-refractivity contribution in [2.45, 2.75) is 69.9 Å². The molecule has 2 rings (SSSR count). The molecular weight excluding hydrogens is 240 g/mol. The molecule has 4 heteroatoms. The third-order valence-corrected chi connectivity index (χ3v) is 4.73. The van der Waals surface area contributed by atoms with Crippen molar-refractivity contribution in [1.82, 2.24) is 0 Å². The third-order valence-electron chi connectivity index (χ3n) is 4.73. The van der Waals surface area contributed by atoms with Crippen LogP contribution >= 0.6 is 0 Å². The SMILES string of the molecule is O=C=NC1CCCC(CC2CCCCC2)C1N=C=O. The molecule has 0 saturated heterocycles. The second kappa shape index (κ2) is 7.37. The zero-order valence-corrected chi connectivity index (χ0v) is 11.4. The summed E-state index contributed by atoms with van der Waals surface area (Å²) in [6.07, 6.45) is 14.1. The Morgan fingerprint density at radius 2 is 1.58 bits per heavy atom. The van der Waals surface area contributed by atoms with Gasteiger partial charge in [0.15, 0.2) is 0 Å². The van der Waals surface area contributed by atoms with Gasteiger partial charge in [0, 0.05) is 0 Å². The van der Waals surface area contributed by atoms with Gasteiger partial charge in [-0.05, 0) is 31.1 Å². The highest BCUT2D eigenvalue weighted by Crippen LogP contribution is 2.37. The number of aliphatic imine (C=N–C) groups is 2. The normalized spacial score (nSPS) is 32.1. The molecule has 4 nitrogen and oxygen atoms in total. The molecule has 2 aliphatic rings. The minimum Gasteiger partial charge on any atom is -0.211 e. The molecule has 2 aliphatic carbocycles. The maximum atomic E-state index is 10.6. The molecule has 2 fully saturated rings. The first-order chi connectivity index (χ1) is 9.35. The lowest BCUT2D eigenvalue weighted by Gasteiger charge is -2.35. The number of carbonyl (C=O) groups excluding carboxylic acids is 2. The smallest absolute Gasteiger partial charge is 0.211 e. The van der Waals surface area contributed by atoms with E-state index in [1.165, 1.54) is 32.1 Å². The average Bonchev–Trinajstić information content (AvgIpc) is 2.44. The molecule has 0 heterocycles. The molecule has 0 radical (unpaired) electrons. The molecule has 104 valence electrons. The maximum absolute atomic E-state index is 10.6. The Morgan fingerprint density at radius 3 is 2.26 bits per heavy atom. The van der Waals surface area contributed by atoms with Gasteiger partial charge >= 0.3 is 0 Å². The van der Waals surface area contributed by atoms with Gasteiger partial charge in [0.25, 0.3) is 0 Å². The van der Waals surface area contributed by atoms with Gasteiger partial charge in [-0.2, -0.15) is 4.99 Å². The highest BCUT2D eigenvalue weighted by Gasteiger charge is 2.34. The molecule has 0 aromatic carbocycles. The zero-order valence-electron chi connectivity index (χ0n) is 11.4. The fraction of sp³-hybridized carbons (Fsp3) is 0.867. The van der Waals surface area contributed by atoms with Gasteiger partial charge in [-0.25, -0.2) is 14.6 Å². The Hall–Kier alpha value is -1.24. The summed E-state index contributed by atoms with van der Waals surface area (Å²) in [5, 5.41) is 0. The van der Waals surface area contributed by atoms with Gasteiger partial charge in [0.05, 0.1) is 12.1 Å². The van der Waals surface area contributed by atoms with Crippen LogP contribution in [0.25, 0.3) is 0 Å². The van der Waals surface area contributed by atoms with Crippen molar-refractivity contribution >= 4 is 12.2 Å². The number of hydrogen-bond acceptors (Lipinski definition) is 4. The first-order valence-corrected chi connectivity index (χ1v) is 7.49. The predicted octanol–water partition coefficient (Wildman–Crippen LogP) is 3.17. The monoisotopic (exact) mass is 262 g/mol. The maximum Gasteiger partial charge on any atom is 0.235 e. The summed E-state index contributed by atoms with van der Waals surface area (Å²) in [7, 11) is 0. The van der Waals surface area contributed by atoms with Crippen LogP contribution in [0.1, 0.15) is 57.8 Å². The Balaban J connectivity index is 2.02. The lowest BCUT2D eigenvalue weighted by Crippen LogP contribution is -2.36. The number of hydrogen-bond donors (Lipinski definition) is 0. The van der Waals surface area contributed by atoms with Gasteiger partial charge < -0.3 is 0 Å². The Bertz CT molecular complexity index is 378. The van der Waals surface area contributed by atoms with Gasteiger partial charge in [-0.1, -0.05) is 38.5 Å². The van der Waals surface area contributed by atoms with Gasteiger partial charge in [0.2, 0.25) is 12.2 Å². The van der Waals surface area contributed by atoms with Crippen molar-refractivity contribution in [2.75, 3.05) is 0 Å². The first-order valence-electron chi connectivity index (χ1n) is 7.49. The van der Waals surface area contributed by atoms with Crippen molar-refractivity contribution in [3.8, 4) is 0 Å². The van der Waals surface area contributed by atoms with Crippen LogP contribution in [0.5, 0.6) is 0 Å². The summed E-state index contributed by atoms with van der Waals surface area (Å²) in [6.45, 7) is 0. The molecule has 0 N–H and O–H groups in total. The van der Waals surface area contributed by atoms with Crippen LogP contribution in [0.4, 0.5) is 0 Å². The van der Waals surface area contributed by atoms with E-state index in [1.807, 2.05) is 0 Å². The standard InChI is InChI=1S/C15H22N2O2/c18-10-16-14-8-4-7-13(15(14)17-11-19)9-12-5-2-1-3-6-12/h12-15H,1-9H2. The number of rotatable bonds is 4. The first kappa shape index (κ1) is 14.2. The minimum absolute atomic E-state index is 0.144. The minimum atomic E-state index is -0.152. The van der Waals surface area contributed by atoms with Crippen LogP contribution in [-0.2, 0) is 9.59 Å². The highest BCUT2D eigenvalue weighted by atomic mass is 16.1.